The Morgan fingerprint density at radius 2 is 2.11 bits per heavy atom. The molecule has 0 saturated heterocycles. The topological polar surface area (TPSA) is 47.0 Å². The standard InChI is InChI=1S/C13H17N3OS/c1-9-4-12(17-3)5-11(16-9)6-14-7-13-8-15-10(2)18-13/h4-5,8,14H,6-7H2,1-3H3. The lowest BCUT2D eigenvalue weighted by molar-refractivity contribution is 0.412. The minimum atomic E-state index is 0.731. The molecular weight excluding hydrogens is 246 g/mol. The van der Waals surface area contributed by atoms with Gasteiger partial charge in [-0.3, -0.25) is 4.98 Å². The summed E-state index contributed by atoms with van der Waals surface area (Å²) in [5.74, 6) is 0.855. The van der Waals surface area contributed by atoms with Crippen LogP contribution in [-0.2, 0) is 13.1 Å². The molecule has 0 unspecified atom stereocenters. The second-order valence-corrected chi connectivity index (χ2v) is 5.41. The first-order chi connectivity index (χ1) is 8.67. The van der Waals surface area contributed by atoms with Gasteiger partial charge in [-0.25, -0.2) is 4.98 Å². The Bertz CT molecular complexity index is 525. The van der Waals surface area contributed by atoms with Crippen molar-refractivity contribution in [3.63, 3.8) is 0 Å². The molecule has 2 aromatic rings. The molecule has 0 amide bonds. The minimum absolute atomic E-state index is 0.731. The molecule has 0 aromatic carbocycles. The maximum Gasteiger partial charge on any atom is 0.122 e. The number of rotatable bonds is 5. The van der Waals surface area contributed by atoms with Crippen LogP contribution in [0.15, 0.2) is 18.3 Å². The molecule has 96 valence electrons. The molecule has 2 aromatic heterocycles. The average molecular weight is 263 g/mol. The first kappa shape index (κ1) is 13.0. The fourth-order valence-electron chi connectivity index (χ4n) is 1.71. The Hall–Kier alpha value is -1.46. The molecule has 0 aliphatic carbocycles. The summed E-state index contributed by atoms with van der Waals surface area (Å²) < 4.78 is 5.23. The van der Waals surface area contributed by atoms with Gasteiger partial charge in [-0.05, 0) is 13.8 Å². The first-order valence-electron chi connectivity index (χ1n) is 5.81. The maximum absolute atomic E-state index is 5.23. The second-order valence-electron chi connectivity index (χ2n) is 4.09. The molecule has 0 fully saturated rings. The van der Waals surface area contributed by atoms with Gasteiger partial charge in [0.1, 0.15) is 5.75 Å². The number of ether oxygens (including phenoxy) is 1. The number of aromatic nitrogens is 2. The summed E-state index contributed by atoms with van der Waals surface area (Å²) in [5, 5.41) is 4.46. The third-order valence-electron chi connectivity index (χ3n) is 2.49. The van der Waals surface area contributed by atoms with Gasteiger partial charge in [0.15, 0.2) is 0 Å². The average Bonchev–Trinajstić information content (AvgIpc) is 2.74. The van der Waals surface area contributed by atoms with E-state index in [2.05, 4.69) is 15.3 Å². The van der Waals surface area contributed by atoms with E-state index >= 15 is 0 Å². The summed E-state index contributed by atoms with van der Waals surface area (Å²) in [6.45, 7) is 5.54. The lowest BCUT2D eigenvalue weighted by Gasteiger charge is -2.06. The van der Waals surface area contributed by atoms with Crippen LogP contribution in [-0.4, -0.2) is 17.1 Å². The van der Waals surface area contributed by atoms with E-state index in [1.165, 1.54) is 4.88 Å². The van der Waals surface area contributed by atoms with E-state index < -0.39 is 0 Å². The van der Waals surface area contributed by atoms with Crippen LogP contribution >= 0.6 is 11.3 Å². The quantitative estimate of drug-likeness (QED) is 0.900. The molecule has 2 rings (SSSR count). The van der Waals surface area contributed by atoms with Crippen LogP contribution in [0.4, 0.5) is 0 Å². The fourth-order valence-corrected chi connectivity index (χ4v) is 2.48. The molecule has 4 nitrogen and oxygen atoms in total. The van der Waals surface area contributed by atoms with Crippen LogP contribution in [0.2, 0.25) is 0 Å². The monoisotopic (exact) mass is 263 g/mol. The number of nitrogens with one attached hydrogen (secondary N) is 1. The Morgan fingerprint density at radius 3 is 2.78 bits per heavy atom. The van der Waals surface area contributed by atoms with Gasteiger partial charge in [-0.15, -0.1) is 11.3 Å². The third kappa shape index (κ3) is 3.51. The Balaban J connectivity index is 1.91. The van der Waals surface area contributed by atoms with Gasteiger partial charge < -0.3 is 10.1 Å². The zero-order chi connectivity index (χ0) is 13.0. The van der Waals surface area contributed by atoms with E-state index in [1.54, 1.807) is 18.4 Å². The van der Waals surface area contributed by atoms with Crippen LogP contribution < -0.4 is 10.1 Å². The van der Waals surface area contributed by atoms with Crippen molar-refractivity contribution < 1.29 is 4.74 Å². The second kappa shape index (κ2) is 5.93. The number of hydrogen-bond donors (Lipinski definition) is 1. The predicted molar refractivity (Wildman–Crippen MR) is 72.9 cm³/mol. The fraction of sp³-hybridized carbons (Fsp3) is 0.385. The number of hydrogen-bond acceptors (Lipinski definition) is 5. The summed E-state index contributed by atoms with van der Waals surface area (Å²) in [6.07, 6.45) is 1.91. The summed E-state index contributed by atoms with van der Waals surface area (Å²) in [6, 6.07) is 3.88. The Morgan fingerprint density at radius 1 is 1.28 bits per heavy atom. The summed E-state index contributed by atoms with van der Waals surface area (Å²) in [7, 11) is 1.67. The van der Waals surface area contributed by atoms with Crippen molar-refractivity contribution in [3.05, 3.63) is 39.6 Å². The summed E-state index contributed by atoms with van der Waals surface area (Å²) >= 11 is 1.71. The van der Waals surface area contributed by atoms with Crippen molar-refractivity contribution in [2.45, 2.75) is 26.9 Å². The lowest BCUT2D eigenvalue weighted by atomic mass is 10.3. The molecule has 0 aliphatic heterocycles. The van der Waals surface area contributed by atoms with Crippen LogP contribution in [0, 0.1) is 13.8 Å². The van der Waals surface area contributed by atoms with Crippen molar-refractivity contribution in [2.75, 3.05) is 7.11 Å². The number of thiazole rings is 1. The predicted octanol–water partition coefficient (Wildman–Crippen LogP) is 2.45. The largest absolute Gasteiger partial charge is 0.497 e. The van der Waals surface area contributed by atoms with Gasteiger partial charge in [0, 0.05) is 42.0 Å². The molecular formula is C13H17N3OS. The van der Waals surface area contributed by atoms with Gasteiger partial charge in [0.2, 0.25) is 0 Å². The van der Waals surface area contributed by atoms with E-state index in [1.807, 2.05) is 32.2 Å². The Labute approximate surface area is 111 Å². The molecule has 0 bridgehead atoms. The smallest absolute Gasteiger partial charge is 0.122 e. The van der Waals surface area contributed by atoms with Crippen LogP contribution in [0.5, 0.6) is 5.75 Å². The van der Waals surface area contributed by atoms with Crippen molar-refractivity contribution in [1.29, 1.82) is 0 Å². The van der Waals surface area contributed by atoms with E-state index in [0.29, 0.717) is 0 Å². The van der Waals surface area contributed by atoms with Crippen LogP contribution in [0.3, 0.4) is 0 Å². The molecule has 1 N–H and O–H groups in total. The molecule has 0 aliphatic rings. The molecule has 0 saturated carbocycles. The normalized spacial score (nSPS) is 10.6. The van der Waals surface area contributed by atoms with Crippen LogP contribution in [0.1, 0.15) is 21.3 Å². The SMILES string of the molecule is COc1cc(C)nc(CNCc2cnc(C)s2)c1. The van der Waals surface area contributed by atoms with E-state index in [-0.39, 0.29) is 0 Å². The molecule has 2 heterocycles. The highest BCUT2D eigenvalue weighted by atomic mass is 32.1. The van der Waals surface area contributed by atoms with Crippen molar-refractivity contribution >= 4 is 11.3 Å². The molecule has 0 radical (unpaired) electrons. The molecule has 0 spiro atoms. The van der Waals surface area contributed by atoms with Crippen molar-refractivity contribution in [1.82, 2.24) is 15.3 Å². The van der Waals surface area contributed by atoms with Gasteiger partial charge in [0.05, 0.1) is 17.8 Å². The van der Waals surface area contributed by atoms with Gasteiger partial charge in [-0.2, -0.15) is 0 Å². The van der Waals surface area contributed by atoms with Gasteiger partial charge in [0.25, 0.3) is 0 Å². The van der Waals surface area contributed by atoms with Crippen molar-refractivity contribution in [2.24, 2.45) is 0 Å². The van der Waals surface area contributed by atoms with Crippen molar-refractivity contribution in [3.8, 4) is 5.75 Å². The van der Waals surface area contributed by atoms with Crippen LogP contribution in [0.25, 0.3) is 0 Å². The number of nitrogens with zero attached hydrogens (tertiary/aromatic N) is 2. The summed E-state index contributed by atoms with van der Waals surface area (Å²) in [4.78, 5) is 9.93. The number of methoxy groups -OCH3 is 1. The minimum Gasteiger partial charge on any atom is -0.497 e. The lowest BCUT2D eigenvalue weighted by Crippen LogP contribution is -2.13. The zero-order valence-electron chi connectivity index (χ0n) is 10.9. The Kier molecular flexibility index (Phi) is 4.28. The maximum atomic E-state index is 5.23. The molecule has 5 heteroatoms. The zero-order valence-corrected chi connectivity index (χ0v) is 11.7. The van der Waals surface area contributed by atoms with E-state index in [0.717, 1.165) is 35.2 Å². The number of pyridine rings is 1. The third-order valence-corrected chi connectivity index (χ3v) is 3.40. The highest BCUT2D eigenvalue weighted by Crippen LogP contribution is 2.14. The van der Waals surface area contributed by atoms with E-state index in [9.17, 15) is 0 Å². The highest BCUT2D eigenvalue weighted by Gasteiger charge is 2.02. The molecule has 0 atom stereocenters. The van der Waals surface area contributed by atoms with Gasteiger partial charge >= 0.3 is 0 Å². The first-order valence-corrected chi connectivity index (χ1v) is 6.62. The van der Waals surface area contributed by atoms with E-state index in [4.69, 9.17) is 4.74 Å². The highest BCUT2D eigenvalue weighted by molar-refractivity contribution is 7.11. The van der Waals surface area contributed by atoms with Gasteiger partial charge in [-0.1, -0.05) is 0 Å². The summed E-state index contributed by atoms with van der Waals surface area (Å²) in [5.41, 5.74) is 1.97. The number of aryl methyl sites for hydroxylation is 2. The molecule has 18 heavy (non-hydrogen) atoms.